The summed E-state index contributed by atoms with van der Waals surface area (Å²) >= 11 is -2.61. The summed E-state index contributed by atoms with van der Waals surface area (Å²) < 4.78 is 31.7. The van der Waals surface area contributed by atoms with Crippen LogP contribution in [-0.4, -0.2) is 28.0 Å². The zero-order valence-electron chi connectivity index (χ0n) is 5.91. The van der Waals surface area contributed by atoms with Crippen LogP contribution in [0.15, 0.2) is 0 Å². The van der Waals surface area contributed by atoms with Crippen molar-refractivity contribution in [2.75, 3.05) is 0 Å². The molecule has 10 heavy (non-hydrogen) atoms. The Morgan fingerprint density at radius 3 is 1.20 bits per heavy atom. The van der Waals surface area contributed by atoms with E-state index >= 15 is 0 Å². The summed E-state index contributed by atoms with van der Waals surface area (Å²) in [6, 6.07) is 0. The molecule has 0 aliphatic heterocycles. The van der Waals surface area contributed by atoms with Crippen LogP contribution in [0.1, 0.15) is 1.43 Å². The largest absolute Gasteiger partial charge is 1.00 e. The van der Waals surface area contributed by atoms with Gasteiger partial charge in [-0.1, -0.05) is 0 Å². The third-order valence-corrected chi connectivity index (χ3v) is 0. The zero-order valence-corrected chi connectivity index (χ0v) is 8.62. The van der Waals surface area contributed by atoms with Crippen molar-refractivity contribution in [2.45, 2.75) is 0 Å². The Hall–Kier alpha value is 1.18. The molecule has 0 aromatic heterocycles. The van der Waals surface area contributed by atoms with E-state index in [1.54, 1.807) is 0 Å². The van der Waals surface area contributed by atoms with Crippen molar-refractivity contribution in [3.05, 3.63) is 0 Å². The van der Waals surface area contributed by atoms with Crippen LogP contribution >= 0.6 is 7.82 Å². The van der Waals surface area contributed by atoms with Gasteiger partial charge in [-0.3, -0.25) is 9.11 Å². The molecule has 0 amide bonds. The average molecular weight is 204 g/mol. The Morgan fingerprint density at radius 1 is 1.20 bits per heavy atom. The van der Waals surface area contributed by atoms with Crippen molar-refractivity contribution < 1.29 is 63.5 Å². The SMILES string of the molecule is O=P(O)(O)O.O=S(O)O.[H-].[Na+]. The van der Waals surface area contributed by atoms with Crippen LogP contribution in [0, 0.1) is 0 Å². The van der Waals surface area contributed by atoms with Crippen LogP contribution in [0.2, 0.25) is 0 Å². The summed E-state index contributed by atoms with van der Waals surface area (Å²) in [4.78, 5) is 21.6. The molecule has 5 N–H and O–H groups in total. The van der Waals surface area contributed by atoms with Crippen molar-refractivity contribution in [1.82, 2.24) is 0 Å². The van der Waals surface area contributed by atoms with Gasteiger partial charge in [0, 0.05) is 0 Å². The molecule has 0 aromatic rings. The fourth-order valence-corrected chi connectivity index (χ4v) is 0. The monoisotopic (exact) mass is 204 g/mol. The topological polar surface area (TPSA) is 135 Å². The van der Waals surface area contributed by atoms with Gasteiger partial charge in [0.05, 0.1) is 0 Å². The summed E-state index contributed by atoms with van der Waals surface area (Å²) in [5.41, 5.74) is 0. The van der Waals surface area contributed by atoms with Gasteiger partial charge in [0.1, 0.15) is 0 Å². The fourth-order valence-electron chi connectivity index (χ4n) is 0. The van der Waals surface area contributed by atoms with Crippen LogP contribution < -0.4 is 29.6 Å². The second-order valence-corrected chi connectivity index (χ2v) is 2.23. The van der Waals surface area contributed by atoms with Crippen molar-refractivity contribution in [2.24, 2.45) is 0 Å². The molecule has 0 radical (unpaired) electrons. The third-order valence-electron chi connectivity index (χ3n) is 0. The average Bonchev–Trinajstić information content (AvgIpc) is 1.19. The van der Waals surface area contributed by atoms with Gasteiger partial charge in [-0.15, -0.1) is 0 Å². The van der Waals surface area contributed by atoms with Crippen LogP contribution in [0.5, 0.6) is 0 Å². The van der Waals surface area contributed by atoms with Crippen molar-refractivity contribution in [3.8, 4) is 0 Å². The first-order valence-corrected chi connectivity index (χ1v) is 3.94. The van der Waals surface area contributed by atoms with Crippen molar-refractivity contribution >= 4 is 19.2 Å². The van der Waals surface area contributed by atoms with E-state index in [-0.39, 0.29) is 31.0 Å². The van der Waals surface area contributed by atoms with Crippen LogP contribution in [0.4, 0.5) is 0 Å². The molecule has 0 unspecified atom stereocenters. The zero-order chi connectivity index (χ0) is 8.08. The first-order valence-electron chi connectivity index (χ1n) is 1.31. The van der Waals surface area contributed by atoms with Gasteiger partial charge in [-0.05, 0) is 0 Å². The molecule has 0 heterocycles. The molecule has 0 aromatic carbocycles. The van der Waals surface area contributed by atoms with Crippen molar-refractivity contribution in [1.29, 1.82) is 0 Å². The molecular weight excluding hydrogens is 198 g/mol. The van der Waals surface area contributed by atoms with E-state index < -0.39 is 19.2 Å². The Labute approximate surface area is 82.6 Å². The van der Waals surface area contributed by atoms with Crippen LogP contribution in [0.3, 0.4) is 0 Å². The molecule has 0 fully saturated rings. The minimum absolute atomic E-state index is 0. The van der Waals surface area contributed by atoms with E-state index in [0.717, 1.165) is 0 Å². The Kier molecular flexibility index (Phi) is 14.3. The third kappa shape index (κ3) is 441. The second-order valence-electron chi connectivity index (χ2n) is 0.744. The van der Waals surface area contributed by atoms with Gasteiger partial charge in [-0.25, -0.2) is 4.57 Å². The first-order chi connectivity index (χ1) is 3.73. The van der Waals surface area contributed by atoms with Gasteiger partial charge in [0.15, 0.2) is 0 Å². The molecule has 0 aliphatic carbocycles. The van der Waals surface area contributed by atoms with Crippen molar-refractivity contribution in [3.63, 3.8) is 0 Å². The predicted molar refractivity (Wildman–Crippen MR) is 28.8 cm³/mol. The summed E-state index contributed by atoms with van der Waals surface area (Å²) in [7, 11) is -4.64. The quantitative estimate of drug-likeness (QED) is 0.153. The Bertz CT molecular complexity index is 118. The smallest absolute Gasteiger partial charge is 1.00 e. The maximum Gasteiger partial charge on any atom is 1.00 e. The van der Waals surface area contributed by atoms with Gasteiger partial charge in [0.2, 0.25) is 0 Å². The van der Waals surface area contributed by atoms with Gasteiger partial charge >= 0.3 is 37.4 Å². The Morgan fingerprint density at radius 2 is 1.20 bits per heavy atom. The minimum atomic E-state index is -4.64. The summed E-state index contributed by atoms with van der Waals surface area (Å²) in [5.74, 6) is 0. The van der Waals surface area contributed by atoms with Crippen LogP contribution in [-0.2, 0) is 15.9 Å². The first kappa shape index (κ1) is 17.3. The number of phosphoric acid groups is 1. The molecule has 60 valence electrons. The predicted octanol–water partition coefficient (Wildman–Crippen LogP) is -4.13. The summed E-state index contributed by atoms with van der Waals surface area (Å²) in [5, 5.41) is 0. The number of hydrogen-bond donors (Lipinski definition) is 5. The molecular formula is H6NaO7PS. The van der Waals surface area contributed by atoms with E-state index in [1.165, 1.54) is 0 Å². The molecule has 7 nitrogen and oxygen atoms in total. The minimum Gasteiger partial charge on any atom is -1.00 e. The molecule has 0 rings (SSSR count). The standard InChI is InChI=1S/Na.H3O4P.H2O3S.H/c;1-5(2,3)4;1-4(2)3;/h;(H3,1,2,3,4);(H2,1,2,3);/q+1;;;-1. The van der Waals surface area contributed by atoms with E-state index in [2.05, 4.69) is 0 Å². The molecule has 0 aliphatic rings. The molecule has 0 saturated carbocycles. The van der Waals surface area contributed by atoms with Gasteiger partial charge < -0.3 is 16.1 Å². The molecule has 0 spiro atoms. The van der Waals surface area contributed by atoms with Gasteiger partial charge in [-0.2, -0.15) is 4.21 Å². The Balaban J connectivity index is -0.0000000383. The van der Waals surface area contributed by atoms with E-state index in [1.807, 2.05) is 0 Å². The van der Waals surface area contributed by atoms with E-state index in [0.29, 0.717) is 0 Å². The summed E-state index contributed by atoms with van der Waals surface area (Å²) in [6.07, 6.45) is 0. The fraction of sp³-hybridized carbons (Fsp3) is 0. The van der Waals surface area contributed by atoms with Crippen LogP contribution in [0.25, 0.3) is 0 Å². The number of rotatable bonds is 0. The molecule has 10 heteroatoms. The van der Waals surface area contributed by atoms with Gasteiger partial charge in [0.25, 0.3) is 11.4 Å². The number of hydrogen-bond acceptors (Lipinski definition) is 2. The normalized spacial score (nSPS) is 9.40. The van der Waals surface area contributed by atoms with E-state index in [4.69, 9.17) is 32.6 Å². The maximum atomic E-state index is 8.88. The molecule has 0 bridgehead atoms. The van der Waals surface area contributed by atoms with E-state index in [9.17, 15) is 0 Å². The second kappa shape index (κ2) is 8.28. The molecule has 0 saturated heterocycles. The summed E-state index contributed by atoms with van der Waals surface area (Å²) in [6.45, 7) is 0. The maximum absolute atomic E-state index is 8.88. The molecule has 0 atom stereocenters.